The van der Waals surface area contributed by atoms with E-state index in [9.17, 15) is 9.90 Å². The number of imidazole rings is 1. The second-order valence-electron chi connectivity index (χ2n) is 4.64. The maximum Gasteiger partial charge on any atom is 0.323 e. The zero-order chi connectivity index (χ0) is 13.1. The predicted octanol–water partition coefficient (Wildman–Crippen LogP) is 1.50. The summed E-state index contributed by atoms with van der Waals surface area (Å²) in [4.78, 5) is 17.5. The molecule has 0 aromatic carbocycles. The predicted molar refractivity (Wildman–Crippen MR) is 65.6 cm³/mol. The van der Waals surface area contributed by atoms with Crippen molar-refractivity contribution in [1.29, 1.82) is 0 Å². The molecular weight excluding hydrogens is 218 g/mol. The third-order valence-corrected chi connectivity index (χ3v) is 3.34. The van der Waals surface area contributed by atoms with Crippen molar-refractivity contribution in [2.24, 2.45) is 7.05 Å². The first-order valence-electron chi connectivity index (χ1n) is 5.82. The van der Waals surface area contributed by atoms with Gasteiger partial charge >= 0.3 is 5.97 Å². The number of likely N-dealkylation sites (N-methyl/N-ethyl adjacent to an activating group) is 1. The Morgan fingerprint density at radius 2 is 2.29 bits per heavy atom. The van der Waals surface area contributed by atoms with Crippen LogP contribution in [0.1, 0.15) is 32.5 Å². The molecule has 1 aromatic heterocycles. The topological polar surface area (TPSA) is 58.4 Å². The van der Waals surface area contributed by atoms with Crippen molar-refractivity contribution >= 4 is 5.97 Å². The number of carboxylic acids is 1. The Morgan fingerprint density at radius 1 is 1.65 bits per heavy atom. The second-order valence-corrected chi connectivity index (χ2v) is 4.64. The van der Waals surface area contributed by atoms with E-state index in [1.807, 2.05) is 36.7 Å². The van der Waals surface area contributed by atoms with Crippen LogP contribution in [-0.4, -0.2) is 38.1 Å². The van der Waals surface area contributed by atoms with Gasteiger partial charge in [0.2, 0.25) is 0 Å². The summed E-state index contributed by atoms with van der Waals surface area (Å²) < 4.78 is 1.91. The summed E-state index contributed by atoms with van der Waals surface area (Å²) in [5.74, 6) is 0.0899. The highest BCUT2D eigenvalue weighted by atomic mass is 16.4. The zero-order valence-electron chi connectivity index (χ0n) is 11.0. The molecule has 5 heteroatoms. The monoisotopic (exact) mass is 239 g/mol. The number of hydrogen-bond donors (Lipinski definition) is 1. The van der Waals surface area contributed by atoms with Gasteiger partial charge in [0.15, 0.2) is 0 Å². The Hall–Kier alpha value is -1.36. The molecule has 0 spiro atoms. The minimum absolute atomic E-state index is 0.534. The molecule has 0 aliphatic rings. The van der Waals surface area contributed by atoms with E-state index >= 15 is 0 Å². The number of aliphatic carboxylic acids is 1. The number of aryl methyl sites for hydroxylation is 1. The van der Waals surface area contributed by atoms with Crippen LogP contribution in [0.25, 0.3) is 0 Å². The molecule has 1 atom stereocenters. The van der Waals surface area contributed by atoms with Gasteiger partial charge in [0, 0.05) is 19.4 Å². The molecule has 0 radical (unpaired) electrons. The summed E-state index contributed by atoms with van der Waals surface area (Å²) in [6.45, 7) is 4.30. The van der Waals surface area contributed by atoms with Gasteiger partial charge in [-0.2, -0.15) is 0 Å². The average molecular weight is 239 g/mol. The van der Waals surface area contributed by atoms with E-state index in [1.165, 1.54) is 0 Å². The van der Waals surface area contributed by atoms with Crippen LogP contribution in [0.4, 0.5) is 0 Å². The van der Waals surface area contributed by atoms with Gasteiger partial charge in [-0.05, 0) is 20.4 Å². The molecule has 17 heavy (non-hydrogen) atoms. The Bertz CT molecular complexity index is 389. The van der Waals surface area contributed by atoms with Crippen molar-refractivity contribution < 1.29 is 9.90 Å². The number of aromatic nitrogens is 2. The van der Waals surface area contributed by atoms with E-state index in [0.717, 1.165) is 12.2 Å². The Kier molecular flexibility index (Phi) is 4.28. The summed E-state index contributed by atoms with van der Waals surface area (Å²) in [5.41, 5.74) is -0.833. The molecule has 0 aliphatic carbocycles. The van der Waals surface area contributed by atoms with Gasteiger partial charge in [-0.1, -0.05) is 13.3 Å². The third-order valence-electron chi connectivity index (χ3n) is 3.34. The molecule has 1 heterocycles. The van der Waals surface area contributed by atoms with Gasteiger partial charge in [0.05, 0.1) is 6.54 Å². The molecular formula is C12H21N3O2. The molecule has 1 unspecified atom stereocenters. The summed E-state index contributed by atoms with van der Waals surface area (Å²) in [7, 11) is 3.74. The number of carbonyl (C=O) groups is 1. The second kappa shape index (κ2) is 5.31. The van der Waals surface area contributed by atoms with E-state index in [1.54, 1.807) is 13.1 Å². The van der Waals surface area contributed by atoms with Crippen LogP contribution in [0.5, 0.6) is 0 Å². The lowest BCUT2D eigenvalue weighted by atomic mass is 9.94. The fourth-order valence-electron chi connectivity index (χ4n) is 1.88. The van der Waals surface area contributed by atoms with Crippen LogP contribution in [0.2, 0.25) is 0 Å². The quantitative estimate of drug-likeness (QED) is 0.817. The molecule has 0 amide bonds. The van der Waals surface area contributed by atoms with Crippen LogP contribution in [0.15, 0.2) is 12.4 Å². The molecule has 0 aliphatic heterocycles. The van der Waals surface area contributed by atoms with E-state index in [2.05, 4.69) is 4.98 Å². The van der Waals surface area contributed by atoms with E-state index in [0.29, 0.717) is 13.0 Å². The van der Waals surface area contributed by atoms with Crippen LogP contribution < -0.4 is 0 Å². The molecule has 1 rings (SSSR count). The van der Waals surface area contributed by atoms with Crippen LogP contribution in [-0.2, 0) is 18.4 Å². The van der Waals surface area contributed by atoms with Gasteiger partial charge in [-0.25, -0.2) is 4.98 Å². The van der Waals surface area contributed by atoms with Gasteiger partial charge in [-0.15, -0.1) is 0 Å². The van der Waals surface area contributed by atoms with Crippen LogP contribution >= 0.6 is 0 Å². The highest BCUT2D eigenvalue weighted by Crippen LogP contribution is 2.22. The Labute approximate surface area is 102 Å². The lowest BCUT2D eigenvalue weighted by molar-refractivity contribution is -0.150. The van der Waals surface area contributed by atoms with Crippen molar-refractivity contribution in [2.75, 3.05) is 7.05 Å². The molecule has 1 N–H and O–H groups in total. The van der Waals surface area contributed by atoms with Crippen LogP contribution in [0.3, 0.4) is 0 Å². The molecule has 0 saturated heterocycles. The lowest BCUT2D eigenvalue weighted by Gasteiger charge is -2.34. The van der Waals surface area contributed by atoms with E-state index in [4.69, 9.17) is 0 Å². The van der Waals surface area contributed by atoms with E-state index in [-0.39, 0.29) is 0 Å². The Balaban J connectivity index is 2.83. The maximum atomic E-state index is 11.4. The standard InChI is InChI=1S/C12H21N3O2/c1-5-6-12(2,11(16)17)15(4)9-10-13-7-8-14(10)3/h7-8H,5-6,9H2,1-4H3,(H,16,17). The average Bonchev–Trinajstić information content (AvgIpc) is 2.64. The molecule has 1 aromatic rings. The lowest BCUT2D eigenvalue weighted by Crippen LogP contribution is -2.50. The van der Waals surface area contributed by atoms with Crippen molar-refractivity contribution in [1.82, 2.24) is 14.5 Å². The van der Waals surface area contributed by atoms with E-state index < -0.39 is 11.5 Å². The summed E-state index contributed by atoms with van der Waals surface area (Å²) >= 11 is 0. The maximum absolute atomic E-state index is 11.4. The van der Waals surface area contributed by atoms with Crippen molar-refractivity contribution in [3.8, 4) is 0 Å². The highest BCUT2D eigenvalue weighted by molar-refractivity contribution is 5.78. The van der Waals surface area contributed by atoms with Crippen molar-refractivity contribution in [3.63, 3.8) is 0 Å². The van der Waals surface area contributed by atoms with Gasteiger partial charge in [0.1, 0.15) is 11.4 Å². The summed E-state index contributed by atoms with van der Waals surface area (Å²) in [6.07, 6.45) is 5.05. The highest BCUT2D eigenvalue weighted by Gasteiger charge is 2.36. The molecule has 5 nitrogen and oxygen atoms in total. The largest absolute Gasteiger partial charge is 0.480 e. The molecule has 96 valence electrons. The van der Waals surface area contributed by atoms with Crippen molar-refractivity contribution in [2.45, 2.75) is 38.8 Å². The fraction of sp³-hybridized carbons (Fsp3) is 0.667. The molecule has 0 saturated carbocycles. The number of hydrogen-bond acceptors (Lipinski definition) is 3. The van der Waals surface area contributed by atoms with Gasteiger partial charge < -0.3 is 9.67 Å². The fourth-order valence-corrected chi connectivity index (χ4v) is 1.88. The van der Waals surface area contributed by atoms with Crippen molar-refractivity contribution in [3.05, 3.63) is 18.2 Å². The minimum Gasteiger partial charge on any atom is -0.480 e. The minimum atomic E-state index is -0.833. The Morgan fingerprint density at radius 3 is 2.71 bits per heavy atom. The smallest absolute Gasteiger partial charge is 0.323 e. The number of nitrogens with zero attached hydrogens (tertiary/aromatic N) is 3. The zero-order valence-corrected chi connectivity index (χ0v) is 11.0. The molecule has 0 fully saturated rings. The first-order valence-corrected chi connectivity index (χ1v) is 5.82. The van der Waals surface area contributed by atoms with Crippen LogP contribution in [0, 0.1) is 0 Å². The van der Waals surface area contributed by atoms with Gasteiger partial charge in [-0.3, -0.25) is 9.69 Å². The summed E-state index contributed by atoms with van der Waals surface area (Å²) in [5, 5.41) is 9.36. The first kappa shape index (κ1) is 13.7. The normalized spacial score (nSPS) is 14.9. The SMILES string of the molecule is CCCC(C)(C(=O)O)N(C)Cc1nccn1C. The summed E-state index contributed by atoms with van der Waals surface area (Å²) in [6, 6.07) is 0. The molecule has 0 bridgehead atoms. The number of rotatable bonds is 6. The third kappa shape index (κ3) is 2.85. The number of carboxylic acid groups (broad SMARTS) is 1. The van der Waals surface area contributed by atoms with Gasteiger partial charge in [0.25, 0.3) is 0 Å². The first-order chi connectivity index (χ1) is 7.91.